The van der Waals surface area contributed by atoms with Crippen LogP contribution >= 0.6 is 27.3 Å². The van der Waals surface area contributed by atoms with Crippen LogP contribution in [-0.4, -0.2) is 16.2 Å². The van der Waals surface area contributed by atoms with Gasteiger partial charge in [-0.3, -0.25) is 0 Å². The van der Waals surface area contributed by atoms with Crippen LogP contribution in [-0.2, 0) is 0 Å². The summed E-state index contributed by atoms with van der Waals surface area (Å²) in [6.45, 7) is 4.67. The maximum atomic E-state index is 4.09. The molecule has 1 unspecified atom stereocenters. The molecule has 0 aliphatic heterocycles. The largest absolute Gasteiger partial charge is 0.357 e. The number of anilines is 1. The molecule has 1 aromatic heterocycles. The Bertz CT molecular complexity index is 337. The molecule has 0 spiro atoms. The van der Waals surface area contributed by atoms with Gasteiger partial charge in [0.1, 0.15) is 0 Å². The van der Waals surface area contributed by atoms with Crippen molar-refractivity contribution in [1.82, 2.24) is 10.2 Å². The fourth-order valence-corrected chi connectivity index (χ4v) is 3.24. The lowest BCUT2D eigenvalue weighted by molar-refractivity contribution is 0.217. The molecule has 15 heavy (non-hydrogen) atoms. The monoisotopic (exact) mass is 289 g/mol. The molecule has 1 aliphatic rings. The summed E-state index contributed by atoms with van der Waals surface area (Å²) in [6.07, 6.45) is 5.21. The van der Waals surface area contributed by atoms with Crippen molar-refractivity contribution in [3.8, 4) is 0 Å². The maximum Gasteiger partial charge on any atom is 0.206 e. The first kappa shape index (κ1) is 11.3. The lowest BCUT2D eigenvalue weighted by Gasteiger charge is -2.38. The van der Waals surface area contributed by atoms with Crippen LogP contribution in [0.15, 0.2) is 3.92 Å². The van der Waals surface area contributed by atoms with Gasteiger partial charge in [-0.1, -0.05) is 38.0 Å². The highest BCUT2D eigenvalue weighted by Crippen LogP contribution is 2.37. The minimum absolute atomic E-state index is 0.371. The van der Waals surface area contributed by atoms with E-state index in [1.807, 2.05) is 0 Å². The van der Waals surface area contributed by atoms with Crippen LogP contribution < -0.4 is 5.32 Å². The minimum Gasteiger partial charge on any atom is -0.357 e. The molecule has 1 fully saturated rings. The molecule has 2 rings (SSSR count). The van der Waals surface area contributed by atoms with Crippen molar-refractivity contribution in [2.75, 3.05) is 5.32 Å². The average molecular weight is 290 g/mol. The summed E-state index contributed by atoms with van der Waals surface area (Å²) in [5.74, 6) is 0. The van der Waals surface area contributed by atoms with Gasteiger partial charge in [0.25, 0.3) is 0 Å². The van der Waals surface area contributed by atoms with E-state index in [4.69, 9.17) is 0 Å². The van der Waals surface area contributed by atoms with E-state index in [-0.39, 0.29) is 0 Å². The molecule has 0 aromatic carbocycles. The number of hydrogen-bond donors (Lipinski definition) is 1. The molecule has 0 amide bonds. The minimum atomic E-state index is 0.371. The number of nitrogens with zero attached hydrogens (tertiary/aromatic N) is 2. The topological polar surface area (TPSA) is 37.8 Å². The summed E-state index contributed by atoms with van der Waals surface area (Å²) in [5, 5.41) is 12.5. The zero-order valence-electron chi connectivity index (χ0n) is 9.09. The Balaban J connectivity index is 2.04. The smallest absolute Gasteiger partial charge is 0.206 e. The van der Waals surface area contributed by atoms with Crippen molar-refractivity contribution >= 4 is 32.4 Å². The first-order chi connectivity index (χ1) is 7.08. The summed E-state index contributed by atoms with van der Waals surface area (Å²) >= 11 is 4.90. The number of nitrogens with one attached hydrogen (secondary N) is 1. The second-order valence-corrected chi connectivity index (χ2v) is 7.05. The molecular weight excluding hydrogens is 274 g/mol. The summed E-state index contributed by atoms with van der Waals surface area (Å²) in [4.78, 5) is 0. The maximum absolute atomic E-state index is 4.09. The van der Waals surface area contributed by atoms with Crippen molar-refractivity contribution < 1.29 is 0 Å². The van der Waals surface area contributed by atoms with Gasteiger partial charge < -0.3 is 5.32 Å². The summed E-state index contributed by atoms with van der Waals surface area (Å²) < 4.78 is 0.846. The van der Waals surface area contributed by atoms with Gasteiger partial charge in [0.05, 0.1) is 0 Å². The van der Waals surface area contributed by atoms with E-state index in [0.29, 0.717) is 11.5 Å². The third kappa shape index (κ3) is 2.69. The van der Waals surface area contributed by atoms with Crippen LogP contribution in [0, 0.1) is 5.41 Å². The molecule has 1 saturated carbocycles. The van der Waals surface area contributed by atoms with Crippen LogP contribution in [0.3, 0.4) is 0 Å². The molecule has 1 aliphatic carbocycles. The van der Waals surface area contributed by atoms with Crippen molar-refractivity contribution in [2.45, 2.75) is 45.6 Å². The van der Waals surface area contributed by atoms with Crippen LogP contribution in [0.25, 0.3) is 0 Å². The predicted octanol–water partition coefficient (Wildman–Crippen LogP) is 3.68. The standard InChI is InChI=1S/C10H16BrN3S/c1-10(2)6-4-3-5-7(10)12-9-14-13-8(11)15-9/h7H,3-6H2,1-2H3,(H,12,14). The molecule has 1 heterocycles. The molecule has 5 heteroatoms. The Hall–Kier alpha value is -0.160. The second-order valence-electron chi connectivity index (χ2n) is 4.79. The summed E-state index contributed by atoms with van der Waals surface area (Å²) in [6, 6.07) is 0.533. The average Bonchev–Trinajstić information content (AvgIpc) is 2.55. The van der Waals surface area contributed by atoms with Gasteiger partial charge in [0.2, 0.25) is 5.13 Å². The summed E-state index contributed by atoms with van der Waals surface area (Å²) in [5.41, 5.74) is 0.371. The van der Waals surface area contributed by atoms with Gasteiger partial charge in [-0.15, -0.1) is 10.2 Å². The van der Waals surface area contributed by atoms with Crippen LogP contribution in [0.1, 0.15) is 39.5 Å². The van der Waals surface area contributed by atoms with Gasteiger partial charge >= 0.3 is 0 Å². The SMILES string of the molecule is CC1(C)CCCCC1Nc1nnc(Br)s1. The van der Waals surface area contributed by atoms with Gasteiger partial charge in [-0.05, 0) is 34.2 Å². The number of hydrogen-bond acceptors (Lipinski definition) is 4. The lowest BCUT2D eigenvalue weighted by atomic mass is 9.73. The molecule has 0 radical (unpaired) electrons. The van der Waals surface area contributed by atoms with Gasteiger partial charge in [0.15, 0.2) is 3.92 Å². The third-order valence-corrected chi connectivity index (χ3v) is 4.49. The molecule has 0 bridgehead atoms. The van der Waals surface area contributed by atoms with Crippen molar-refractivity contribution in [3.63, 3.8) is 0 Å². The fraction of sp³-hybridized carbons (Fsp3) is 0.800. The summed E-state index contributed by atoms with van der Waals surface area (Å²) in [7, 11) is 0. The Kier molecular flexibility index (Phi) is 3.30. The first-order valence-corrected chi connectivity index (χ1v) is 6.94. The van der Waals surface area contributed by atoms with Crippen molar-refractivity contribution in [2.24, 2.45) is 5.41 Å². The highest BCUT2D eigenvalue weighted by atomic mass is 79.9. The highest BCUT2D eigenvalue weighted by molar-refractivity contribution is 9.11. The van der Waals surface area contributed by atoms with Gasteiger partial charge in [-0.2, -0.15) is 0 Å². The molecule has 3 nitrogen and oxygen atoms in total. The van der Waals surface area contributed by atoms with Crippen LogP contribution in [0.5, 0.6) is 0 Å². The zero-order chi connectivity index (χ0) is 10.9. The second kappa shape index (κ2) is 4.37. The van der Waals surface area contributed by atoms with Crippen LogP contribution in [0.2, 0.25) is 0 Å². The Morgan fingerprint density at radius 1 is 1.40 bits per heavy atom. The number of aromatic nitrogens is 2. The predicted molar refractivity (Wildman–Crippen MR) is 67.3 cm³/mol. The van der Waals surface area contributed by atoms with E-state index >= 15 is 0 Å². The molecule has 0 saturated heterocycles. The Morgan fingerprint density at radius 2 is 2.20 bits per heavy atom. The zero-order valence-corrected chi connectivity index (χ0v) is 11.5. The molecular formula is C10H16BrN3S. The van der Waals surface area contributed by atoms with Crippen LogP contribution in [0.4, 0.5) is 5.13 Å². The quantitative estimate of drug-likeness (QED) is 0.902. The normalized spacial score (nSPS) is 25.1. The number of rotatable bonds is 2. The molecule has 1 atom stereocenters. The molecule has 1 N–H and O–H groups in total. The fourth-order valence-electron chi connectivity index (χ4n) is 2.17. The molecule has 1 aromatic rings. The van der Waals surface area contributed by atoms with E-state index < -0.39 is 0 Å². The number of halogens is 1. The van der Waals surface area contributed by atoms with E-state index in [1.54, 1.807) is 11.3 Å². The molecule has 84 valence electrons. The van der Waals surface area contributed by atoms with E-state index in [0.717, 1.165) is 9.05 Å². The van der Waals surface area contributed by atoms with Gasteiger partial charge in [-0.25, -0.2) is 0 Å². The Labute approximate surface area is 103 Å². The van der Waals surface area contributed by atoms with Crippen molar-refractivity contribution in [3.05, 3.63) is 3.92 Å². The Morgan fingerprint density at radius 3 is 2.80 bits per heavy atom. The van der Waals surface area contributed by atoms with E-state index in [9.17, 15) is 0 Å². The van der Waals surface area contributed by atoms with Gasteiger partial charge in [0, 0.05) is 6.04 Å². The highest BCUT2D eigenvalue weighted by Gasteiger charge is 2.32. The lowest BCUT2D eigenvalue weighted by Crippen LogP contribution is -2.38. The van der Waals surface area contributed by atoms with E-state index in [2.05, 4.69) is 45.3 Å². The first-order valence-electron chi connectivity index (χ1n) is 5.33. The van der Waals surface area contributed by atoms with Crippen molar-refractivity contribution in [1.29, 1.82) is 0 Å². The third-order valence-electron chi connectivity index (χ3n) is 3.21. The van der Waals surface area contributed by atoms with E-state index in [1.165, 1.54) is 25.7 Å².